The molecule has 2 aromatic carbocycles. The van der Waals surface area contributed by atoms with Crippen LogP contribution >= 0.6 is 0 Å². The van der Waals surface area contributed by atoms with Crippen molar-refractivity contribution in [1.82, 2.24) is 0 Å². The van der Waals surface area contributed by atoms with E-state index in [9.17, 15) is 18.0 Å². The fourth-order valence-electron chi connectivity index (χ4n) is 2.09. The number of benzene rings is 2. The van der Waals surface area contributed by atoms with Gasteiger partial charge in [0.15, 0.2) is 17.3 Å². The minimum absolute atomic E-state index is 0.0711. The first kappa shape index (κ1) is 16.9. The molecular formula is C17H15F3O3. The van der Waals surface area contributed by atoms with Crippen molar-refractivity contribution in [1.29, 1.82) is 0 Å². The molecule has 2 rings (SSSR count). The number of halogens is 3. The van der Waals surface area contributed by atoms with E-state index in [4.69, 9.17) is 9.47 Å². The first-order chi connectivity index (χ1) is 10.8. The molecular weight excluding hydrogens is 309 g/mol. The number of hydrogen-bond acceptors (Lipinski definition) is 3. The fourth-order valence-corrected chi connectivity index (χ4v) is 2.09. The summed E-state index contributed by atoms with van der Waals surface area (Å²) in [4.78, 5) is 11.5. The Bertz CT molecular complexity index is 694. The van der Waals surface area contributed by atoms with E-state index in [1.807, 2.05) is 30.3 Å². The zero-order valence-electron chi connectivity index (χ0n) is 12.6. The van der Waals surface area contributed by atoms with Gasteiger partial charge in [-0.2, -0.15) is 13.2 Å². The van der Waals surface area contributed by atoms with Crippen molar-refractivity contribution in [2.75, 3.05) is 7.11 Å². The molecule has 3 nitrogen and oxygen atoms in total. The highest BCUT2D eigenvalue weighted by Crippen LogP contribution is 2.39. The Morgan fingerprint density at radius 1 is 1.09 bits per heavy atom. The lowest BCUT2D eigenvalue weighted by Gasteiger charge is -2.16. The van der Waals surface area contributed by atoms with Gasteiger partial charge in [-0.05, 0) is 24.6 Å². The number of Topliss-reactive ketones (excluding diaryl/α,β-unsaturated/α-hetero) is 1. The number of rotatable bonds is 5. The lowest BCUT2D eigenvalue weighted by Crippen LogP contribution is -2.13. The van der Waals surface area contributed by atoms with Crippen molar-refractivity contribution in [3.8, 4) is 11.5 Å². The number of ketones is 1. The molecule has 0 aliphatic rings. The summed E-state index contributed by atoms with van der Waals surface area (Å²) in [6, 6.07) is 11.0. The average molecular weight is 324 g/mol. The van der Waals surface area contributed by atoms with Gasteiger partial charge in [0.2, 0.25) is 0 Å². The molecule has 0 N–H and O–H groups in total. The summed E-state index contributed by atoms with van der Waals surface area (Å²) in [6.45, 7) is 1.23. The Hall–Kier alpha value is -2.50. The third kappa shape index (κ3) is 4.03. The minimum Gasteiger partial charge on any atom is -0.493 e. The SMILES string of the molecule is COc1cc(C(F)(F)F)c(C(C)=O)cc1OCc1ccccc1. The second-order valence-corrected chi connectivity index (χ2v) is 4.88. The Kier molecular flexibility index (Phi) is 4.93. The van der Waals surface area contributed by atoms with E-state index in [1.54, 1.807) is 0 Å². The zero-order chi connectivity index (χ0) is 17.0. The summed E-state index contributed by atoms with van der Waals surface area (Å²) in [5, 5.41) is 0. The van der Waals surface area contributed by atoms with Crippen LogP contribution in [0.1, 0.15) is 28.4 Å². The predicted octanol–water partition coefficient (Wildman–Crippen LogP) is 4.50. The lowest BCUT2D eigenvalue weighted by molar-refractivity contribution is -0.138. The van der Waals surface area contributed by atoms with Crippen molar-refractivity contribution < 1.29 is 27.4 Å². The predicted molar refractivity (Wildman–Crippen MR) is 78.8 cm³/mol. The van der Waals surface area contributed by atoms with Crippen molar-refractivity contribution >= 4 is 5.78 Å². The Labute approximate surface area is 131 Å². The van der Waals surface area contributed by atoms with Gasteiger partial charge in [0.05, 0.1) is 12.7 Å². The molecule has 122 valence electrons. The topological polar surface area (TPSA) is 35.5 Å². The molecule has 0 heterocycles. The van der Waals surface area contributed by atoms with Crippen LogP contribution in [-0.2, 0) is 12.8 Å². The third-order valence-electron chi connectivity index (χ3n) is 3.23. The van der Waals surface area contributed by atoms with Gasteiger partial charge in [0, 0.05) is 5.56 Å². The number of alkyl halides is 3. The Balaban J connectivity index is 2.39. The molecule has 0 radical (unpaired) electrons. The third-order valence-corrected chi connectivity index (χ3v) is 3.23. The second kappa shape index (κ2) is 6.73. The Morgan fingerprint density at radius 2 is 1.74 bits per heavy atom. The van der Waals surface area contributed by atoms with E-state index in [0.717, 1.165) is 24.6 Å². The number of carbonyl (C=O) groups is 1. The van der Waals surface area contributed by atoms with Gasteiger partial charge in [0.25, 0.3) is 0 Å². The Morgan fingerprint density at radius 3 is 2.26 bits per heavy atom. The normalized spacial score (nSPS) is 11.2. The summed E-state index contributed by atoms with van der Waals surface area (Å²) in [7, 11) is 1.25. The van der Waals surface area contributed by atoms with Crippen LogP contribution in [-0.4, -0.2) is 12.9 Å². The summed E-state index contributed by atoms with van der Waals surface area (Å²) < 4.78 is 49.7. The maximum atomic E-state index is 13.1. The van der Waals surface area contributed by atoms with E-state index in [1.165, 1.54) is 7.11 Å². The highest BCUT2D eigenvalue weighted by Gasteiger charge is 2.36. The van der Waals surface area contributed by atoms with Crippen molar-refractivity contribution in [3.05, 3.63) is 59.2 Å². The smallest absolute Gasteiger partial charge is 0.417 e. The zero-order valence-corrected chi connectivity index (χ0v) is 12.6. The standard InChI is InChI=1S/C17H15F3O3/c1-11(21)13-8-16(23-10-12-6-4-3-5-7-12)15(22-2)9-14(13)17(18,19)20/h3-9H,10H2,1-2H3. The minimum atomic E-state index is -4.65. The largest absolute Gasteiger partial charge is 0.493 e. The molecule has 0 unspecified atom stereocenters. The molecule has 0 aliphatic heterocycles. The monoisotopic (exact) mass is 324 g/mol. The highest BCUT2D eigenvalue weighted by molar-refractivity contribution is 5.96. The van der Waals surface area contributed by atoms with Crippen LogP contribution in [0.3, 0.4) is 0 Å². The quantitative estimate of drug-likeness (QED) is 0.760. The van der Waals surface area contributed by atoms with Crippen molar-refractivity contribution in [2.45, 2.75) is 19.7 Å². The number of hydrogen-bond donors (Lipinski definition) is 0. The van der Waals surface area contributed by atoms with Gasteiger partial charge in [0.1, 0.15) is 6.61 Å². The number of methoxy groups -OCH3 is 1. The molecule has 0 fully saturated rings. The van der Waals surface area contributed by atoms with E-state index in [0.29, 0.717) is 0 Å². The van der Waals surface area contributed by atoms with E-state index in [2.05, 4.69) is 0 Å². The molecule has 0 bridgehead atoms. The summed E-state index contributed by atoms with van der Waals surface area (Å²) in [5.74, 6) is -0.669. The highest BCUT2D eigenvalue weighted by atomic mass is 19.4. The van der Waals surface area contributed by atoms with Crippen LogP contribution in [0.4, 0.5) is 13.2 Å². The molecule has 0 spiro atoms. The number of ether oxygens (including phenoxy) is 2. The van der Waals surface area contributed by atoms with Gasteiger partial charge in [-0.15, -0.1) is 0 Å². The summed E-state index contributed by atoms with van der Waals surface area (Å²) >= 11 is 0. The maximum absolute atomic E-state index is 13.1. The van der Waals surface area contributed by atoms with Gasteiger partial charge in [-0.25, -0.2) is 0 Å². The molecule has 2 aromatic rings. The van der Waals surface area contributed by atoms with Crippen molar-refractivity contribution in [2.24, 2.45) is 0 Å². The first-order valence-electron chi connectivity index (χ1n) is 6.80. The molecule has 0 atom stereocenters. The van der Waals surface area contributed by atoms with Gasteiger partial charge in [-0.1, -0.05) is 30.3 Å². The van der Waals surface area contributed by atoms with Gasteiger partial charge >= 0.3 is 6.18 Å². The van der Waals surface area contributed by atoms with Crippen LogP contribution in [0, 0.1) is 0 Å². The van der Waals surface area contributed by atoms with Crippen molar-refractivity contribution in [3.63, 3.8) is 0 Å². The molecule has 0 amide bonds. The van der Waals surface area contributed by atoms with E-state index in [-0.39, 0.29) is 18.1 Å². The van der Waals surface area contributed by atoms with Crippen LogP contribution < -0.4 is 9.47 Å². The summed E-state index contributed by atoms with van der Waals surface area (Å²) in [5.41, 5.74) is -0.630. The first-order valence-corrected chi connectivity index (χ1v) is 6.80. The van der Waals surface area contributed by atoms with Crippen LogP contribution in [0.2, 0.25) is 0 Å². The molecule has 0 aromatic heterocycles. The molecule has 23 heavy (non-hydrogen) atoms. The van der Waals surface area contributed by atoms with Crippen LogP contribution in [0.25, 0.3) is 0 Å². The summed E-state index contributed by atoms with van der Waals surface area (Å²) in [6.07, 6.45) is -4.65. The van der Waals surface area contributed by atoms with E-state index < -0.39 is 23.1 Å². The number of carbonyl (C=O) groups excluding carboxylic acids is 1. The molecule has 0 aliphatic carbocycles. The van der Waals surface area contributed by atoms with Crippen LogP contribution in [0.15, 0.2) is 42.5 Å². The average Bonchev–Trinajstić information content (AvgIpc) is 2.52. The van der Waals surface area contributed by atoms with Gasteiger partial charge < -0.3 is 9.47 Å². The molecule has 0 saturated carbocycles. The van der Waals surface area contributed by atoms with Gasteiger partial charge in [-0.3, -0.25) is 4.79 Å². The molecule has 0 saturated heterocycles. The van der Waals surface area contributed by atoms with E-state index >= 15 is 0 Å². The second-order valence-electron chi connectivity index (χ2n) is 4.88. The maximum Gasteiger partial charge on any atom is 0.417 e. The van der Waals surface area contributed by atoms with Crippen LogP contribution in [0.5, 0.6) is 11.5 Å². The lowest BCUT2D eigenvalue weighted by atomic mass is 10.0. The fraction of sp³-hybridized carbons (Fsp3) is 0.235. The molecule has 6 heteroatoms.